The Balaban J connectivity index is 1.52. The fraction of sp³-hybridized carbons (Fsp3) is 0.150. The number of hydrogen-bond acceptors (Lipinski definition) is 3. The van der Waals surface area contributed by atoms with Crippen molar-refractivity contribution in [1.29, 1.82) is 0 Å². The highest BCUT2D eigenvalue weighted by atomic mass is 32.1. The van der Waals surface area contributed by atoms with Gasteiger partial charge in [0.2, 0.25) is 5.91 Å². The molecule has 0 saturated heterocycles. The number of benzene rings is 2. The second-order valence-corrected chi connectivity index (χ2v) is 6.67. The van der Waals surface area contributed by atoms with E-state index in [1.807, 2.05) is 41.8 Å². The summed E-state index contributed by atoms with van der Waals surface area (Å²) in [5, 5.41) is 15.0. The molecule has 0 spiro atoms. The lowest BCUT2D eigenvalue weighted by Crippen LogP contribution is -2.29. The minimum atomic E-state index is -0.769. The molecular formula is C20H18FNO2S. The van der Waals surface area contributed by atoms with Gasteiger partial charge in [-0.05, 0) is 40.3 Å². The number of thiophene rings is 1. The molecule has 25 heavy (non-hydrogen) atoms. The maximum atomic E-state index is 12.9. The van der Waals surface area contributed by atoms with Crippen LogP contribution in [0.2, 0.25) is 0 Å². The summed E-state index contributed by atoms with van der Waals surface area (Å²) in [7, 11) is 0. The molecule has 0 aliphatic rings. The van der Waals surface area contributed by atoms with E-state index in [0.29, 0.717) is 0 Å². The first kappa shape index (κ1) is 17.3. The fourth-order valence-electron chi connectivity index (χ4n) is 2.49. The molecule has 1 aromatic heterocycles. The molecule has 0 aliphatic carbocycles. The van der Waals surface area contributed by atoms with Crippen LogP contribution in [0.4, 0.5) is 4.39 Å². The number of carbonyl (C=O) groups excluding carboxylic acids is 1. The predicted octanol–water partition coefficient (Wildman–Crippen LogP) is 3.95. The van der Waals surface area contributed by atoms with Gasteiger partial charge >= 0.3 is 0 Å². The van der Waals surface area contributed by atoms with E-state index in [1.165, 1.54) is 17.0 Å². The third-order valence-corrected chi connectivity index (χ3v) is 4.79. The normalized spacial score (nSPS) is 11.9. The minimum absolute atomic E-state index is 0.137. The lowest BCUT2D eigenvalue weighted by molar-refractivity contribution is -0.120. The summed E-state index contributed by atoms with van der Waals surface area (Å²) in [6.45, 7) is 0.137. The Kier molecular flexibility index (Phi) is 5.58. The zero-order valence-electron chi connectivity index (χ0n) is 13.5. The fourth-order valence-corrected chi connectivity index (χ4v) is 3.22. The Labute approximate surface area is 149 Å². The van der Waals surface area contributed by atoms with Crippen LogP contribution in [-0.4, -0.2) is 17.6 Å². The van der Waals surface area contributed by atoms with Crippen LogP contribution in [0.15, 0.2) is 66.0 Å². The van der Waals surface area contributed by atoms with Crippen LogP contribution in [-0.2, 0) is 11.2 Å². The van der Waals surface area contributed by atoms with Gasteiger partial charge in [0.1, 0.15) is 5.82 Å². The zero-order chi connectivity index (χ0) is 17.6. The van der Waals surface area contributed by atoms with Crippen molar-refractivity contribution in [3.8, 4) is 10.4 Å². The summed E-state index contributed by atoms with van der Waals surface area (Å²) < 4.78 is 12.9. The first-order valence-electron chi connectivity index (χ1n) is 7.95. The molecule has 2 N–H and O–H groups in total. The maximum Gasteiger partial charge on any atom is 0.224 e. The van der Waals surface area contributed by atoms with Crippen molar-refractivity contribution in [3.05, 3.63) is 83.0 Å². The molecule has 1 heterocycles. The third-order valence-electron chi connectivity index (χ3n) is 3.87. The van der Waals surface area contributed by atoms with Crippen molar-refractivity contribution in [2.45, 2.75) is 12.5 Å². The molecule has 0 bridgehead atoms. The first-order valence-corrected chi connectivity index (χ1v) is 8.83. The van der Waals surface area contributed by atoms with Crippen molar-refractivity contribution in [2.75, 3.05) is 6.54 Å². The Morgan fingerprint density at radius 1 is 1.08 bits per heavy atom. The first-order chi connectivity index (χ1) is 12.1. The minimum Gasteiger partial charge on any atom is -0.387 e. The average molecular weight is 355 g/mol. The summed E-state index contributed by atoms with van der Waals surface area (Å²) in [4.78, 5) is 13.1. The van der Waals surface area contributed by atoms with Gasteiger partial charge in [0.05, 0.1) is 12.5 Å². The largest absolute Gasteiger partial charge is 0.387 e. The van der Waals surface area contributed by atoms with E-state index in [0.717, 1.165) is 16.7 Å². The molecule has 0 radical (unpaired) electrons. The molecule has 2 aromatic carbocycles. The number of nitrogens with one attached hydrogen (secondary N) is 1. The lowest BCUT2D eigenvalue weighted by atomic mass is 10.1. The van der Waals surface area contributed by atoms with E-state index in [9.17, 15) is 14.3 Å². The van der Waals surface area contributed by atoms with E-state index in [4.69, 9.17) is 0 Å². The highest BCUT2D eigenvalue weighted by Gasteiger charge is 2.10. The molecule has 0 fully saturated rings. The molecule has 3 rings (SSSR count). The smallest absolute Gasteiger partial charge is 0.224 e. The number of hydrogen-bond donors (Lipinski definition) is 2. The highest BCUT2D eigenvalue weighted by Crippen LogP contribution is 2.25. The number of aliphatic hydroxyl groups excluding tert-OH is 1. The van der Waals surface area contributed by atoms with Crippen LogP contribution >= 0.6 is 11.3 Å². The second-order valence-electron chi connectivity index (χ2n) is 5.72. The van der Waals surface area contributed by atoms with Gasteiger partial charge in [-0.2, -0.15) is 0 Å². The summed E-state index contributed by atoms with van der Waals surface area (Å²) in [5.74, 6) is -0.536. The molecule has 1 amide bonds. The van der Waals surface area contributed by atoms with Gasteiger partial charge in [-0.3, -0.25) is 4.79 Å². The average Bonchev–Trinajstić information content (AvgIpc) is 3.16. The van der Waals surface area contributed by atoms with Crippen LogP contribution in [0.1, 0.15) is 17.2 Å². The van der Waals surface area contributed by atoms with Crippen LogP contribution in [0, 0.1) is 5.82 Å². The summed E-state index contributed by atoms with van der Waals surface area (Å²) >= 11 is 1.66. The number of aliphatic hydroxyl groups is 1. The monoisotopic (exact) mass is 355 g/mol. The number of amides is 1. The molecule has 3 aromatic rings. The summed E-state index contributed by atoms with van der Waals surface area (Å²) in [6.07, 6.45) is -0.612. The van der Waals surface area contributed by atoms with Crippen LogP contribution in [0.5, 0.6) is 0 Å². The lowest BCUT2D eigenvalue weighted by Gasteiger charge is -2.13. The van der Waals surface area contributed by atoms with Crippen molar-refractivity contribution < 1.29 is 14.3 Å². The Morgan fingerprint density at radius 3 is 2.44 bits per heavy atom. The SMILES string of the molecule is O=C(Cc1ccc(F)cc1)NCC(O)c1ccc(-c2cccs2)cc1. The number of halogens is 1. The van der Waals surface area contributed by atoms with E-state index >= 15 is 0 Å². The van der Waals surface area contributed by atoms with Gasteiger partial charge in [0.15, 0.2) is 0 Å². The van der Waals surface area contributed by atoms with Crippen molar-refractivity contribution >= 4 is 17.2 Å². The van der Waals surface area contributed by atoms with Crippen molar-refractivity contribution in [1.82, 2.24) is 5.32 Å². The number of carbonyl (C=O) groups is 1. The molecule has 0 aliphatic heterocycles. The number of rotatable bonds is 6. The molecular weight excluding hydrogens is 337 g/mol. The van der Waals surface area contributed by atoms with E-state index in [-0.39, 0.29) is 24.7 Å². The predicted molar refractivity (Wildman–Crippen MR) is 97.8 cm³/mol. The van der Waals surface area contributed by atoms with Crippen LogP contribution in [0.3, 0.4) is 0 Å². The van der Waals surface area contributed by atoms with Crippen LogP contribution < -0.4 is 5.32 Å². The van der Waals surface area contributed by atoms with Crippen molar-refractivity contribution in [3.63, 3.8) is 0 Å². The summed E-state index contributed by atoms with van der Waals surface area (Å²) in [5.41, 5.74) is 2.59. The van der Waals surface area contributed by atoms with Gasteiger partial charge in [-0.25, -0.2) is 4.39 Å². The second kappa shape index (κ2) is 8.05. The molecule has 5 heteroatoms. The molecule has 3 nitrogen and oxygen atoms in total. The Hall–Kier alpha value is -2.50. The quantitative estimate of drug-likeness (QED) is 0.703. The van der Waals surface area contributed by atoms with E-state index in [1.54, 1.807) is 23.5 Å². The molecule has 0 saturated carbocycles. The van der Waals surface area contributed by atoms with Crippen LogP contribution in [0.25, 0.3) is 10.4 Å². The third kappa shape index (κ3) is 4.75. The highest BCUT2D eigenvalue weighted by molar-refractivity contribution is 7.13. The molecule has 1 atom stereocenters. The topological polar surface area (TPSA) is 49.3 Å². The van der Waals surface area contributed by atoms with E-state index in [2.05, 4.69) is 5.32 Å². The zero-order valence-corrected chi connectivity index (χ0v) is 14.3. The van der Waals surface area contributed by atoms with Gasteiger partial charge in [-0.15, -0.1) is 11.3 Å². The standard InChI is InChI=1S/C20H18FNO2S/c21-17-9-3-14(4-10-17)12-20(24)22-13-18(23)15-5-7-16(8-6-15)19-2-1-11-25-19/h1-11,18,23H,12-13H2,(H,22,24). The summed E-state index contributed by atoms with van der Waals surface area (Å²) in [6, 6.07) is 17.5. The van der Waals surface area contributed by atoms with Gasteiger partial charge in [-0.1, -0.05) is 42.5 Å². The molecule has 128 valence electrons. The van der Waals surface area contributed by atoms with Gasteiger partial charge in [0.25, 0.3) is 0 Å². The maximum absolute atomic E-state index is 12.9. The van der Waals surface area contributed by atoms with Gasteiger partial charge in [0, 0.05) is 11.4 Å². The Bertz CT molecular complexity index is 814. The molecule has 1 unspecified atom stereocenters. The van der Waals surface area contributed by atoms with Gasteiger partial charge < -0.3 is 10.4 Å². The van der Waals surface area contributed by atoms with E-state index < -0.39 is 6.10 Å². The van der Waals surface area contributed by atoms with Crippen molar-refractivity contribution in [2.24, 2.45) is 0 Å². The Morgan fingerprint density at radius 2 is 1.80 bits per heavy atom.